The van der Waals surface area contributed by atoms with Gasteiger partial charge in [-0.3, -0.25) is 9.97 Å². The number of fused-ring (bicyclic) bond motifs is 1. The summed E-state index contributed by atoms with van der Waals surface area (Å²) in [7, 11) is 0. The molecule has 144 valence electrons. The van der Waals surface area contributed by atoms with Crippen LogP contribution in [-0.2, 0) is 11.3 Å². The maximum atomic E-state index is 6.14. The van der Waals surface area contributed by atoms with E-state index in [9.17, 15) is 0 Å². The number of ether oxygens (including phenoxy) is 1. The summed E-state index contributed by atoms with van der Waals surface area (Å²) < 4.78 is 6.14. The molecule has 0 N–H and O–H groups in total. The van der Waals surface area contributed by atoms with Crippen LogP contribution in [0.3, 0.4) is 0 Å². The Bertz CT molecular complexity index is 1100. The minimum absolute atomic E-state index is 0.179. The van der Waals surface area contributed by atoms with Crippen molar-refractivity contribution in [2.24, 2.45) is 0 Å². The fourth-order valence-electron chi connectivity index (χ4n) is 3.67. The molecule has 1 atom stereocenters. The van der Waals surface area contributed by atoms with Crippen molar-refractivity contribution in [2.45, 2.75) is 19.1 Å². The van der Waals surface area contributed by atoms with Crippen LogP contribution in [0.4, 0.5) is 5.82 Å². The van der Waals surface area contributed by atoms with E-state index in [0.29, 0.717) is 12.4 Å². The highest BCUT2D eigenvalue weighted by molar-refractivity contribution is 5.91. The van der Waals surface area contributed by atoms with Gasteiger partial charge < -0.3 is 9.64 Å². The zero-order chi connectivity index (χ0) is 19.5. The van der Waals surface area contributed by atoms with E-state index >= 15 is 0 Å². The van der Waals surface area contributed by atoms with Crippen molar-refractivity contribution < 1.29 is 4.74 Å². The molecule has 0 radical (unpaired) electrons. The lowest BCUT2D eigenvalue weighted by Crippen LogP contribution is -2.24. The Morgan fingerprint density at radius 2 is 1.83 bits per heavy atom. The highest BCUT2D eigenvalue weighted by Crippen LogP contribution is 2.30. The third-order valence-electron chi connectivity index (χ3n) is 5.18. The van der Waals surface area contributed by atoms with E-state index in [1.807, 2.05) is 42.5 Å². The van der Waals surface area contributed by atoms with Gasteiger partial charge in [0.25, 0.3) is 0 Å². The van der Waals surface area contributed by atoms with Crippen molar-refractivity contribution in [3.63, 3.8) is 0 Å². The first-order valence-corrected chi connectivity index (χ1v) is 9.79. The van der Waals surface area contributed by atoms with E-state index in [1.54, 1.807) is 24.8 Å². The van der Waals surface area contributed by atoms with Gasteiger partial charge in [0.15, 0.2) is 5.82 Å². The summed E-state index contributed by atoms with van der Waals surface area (Å²) in [5.41, 5.74) is 3.01. The second-order valence-electron chi connectivity index (χ2n) is 7.15. The second kappa shape index (κ2) is 7.93. The lowest BCUT2D eigenvalue weighted by molar-refractivity contribution is 0.0553. The fourth-order valence-corrected chi connectivity index (χ4v) is 3.67. The molecular weight excluding hydrogens is 362 g/mol. The molecule has 1 saturated heterocycles. The number of pyridine rings is 2. The number of hydrogen-bond acceptors (Lipinski definition) is 6. The third-order valence-corrected chi connectivity index (χ3v) is 5.18. The number of rotatable bonds is 5. The zero-order valence-electron chi connectivity index (χ0n) is 16.0. The first-order valence-electron chi connectivity index (χ1n) is 9.79. The lowest BCUT2D eigenvalue weighted by atomic mass is 10.2. The van der Waals surface area contributed by atoms with Gasteiger partial charge in [0.2, 0.25) is 0 Å². The normalized spacial score (nSPS) is 16.4. The van der Waals surface area contributed by atoms with Crippen molar-refractivity contribution in [2.75, 3.05) is 18.0 Å². The van der Waals surface area contributed by atoms with Crippen molar-refractivity contribution in [1.82, 2.24) is 19.9 Å². The van der Waals surface area contributed by atoms with Gasteiger partial charge in [0, 0.05) is 48.8 Å². The summed E-state index contributed by atoms with van der Waals surface area (Å²) in [6, 6.07) is 16.0. The summed E-state index contributed by atoms with van der Waals surface area (Å²) in [5, 5.41) is 1.06. The average molecular weight is 383 g/mol. The molecule has 0 saturated carbocycles. The van der Waals surface area contributed by atoms with Crippen LogP contribution in [-0.4, -0.2) is 39.1 Å². The van der Waals surface area contributed by atoms with Gasteiger partial charge in [-0.2, -0.15) is 0 Å². The van der Waals surface area contributed by atoms with E-state index < -0.39 is 0 Å². The Labute approximate surface area is 169 Å². The summed E-state index contributed by atoms with van der Waals surface area (Å²) in [6.45, 7) is 2.33. The third kappa shape index (κ3) is 3.79. The van der Waals surface area contributed by atoms with Gasteiger partial charge >= 0.3 is 0 Å². The van der Waals surface area contributed by atoms with Crippen molar-refractivity contribution in [3.05, 3.63) is 78.9 Å². The van der Waals surface area contributed by atoms with Crippen LogP contribution >= 0.6 is 0 Å². The molecule has 29 heavy (non-hydrogen) atoms. The van der Waals surface area contributed by atoms with Gasteiger partial charge in [-0.1, -0.05) is 12.1 Å². The number of aromatic nitrogens is 4. The maximum Gasteiger partial charge on any atom is 0.163 e. The smallest absolute Gasteiger partial charge is 0.163 e. The van der Waals surface area contributed by atoms with Crippen molar-refractivity contribution >= 4 is 16.7 Å². The average Bonchev–Trinajstić information content (AvgIpc) is 3.27. The molecule has 5 rings (SSSR count). The van der Waals surface area contributed by atoms with Gasteiger partial charge in [0.05, 0.1) is 18.2 Å². The van der Waals surface area contributed by atoms with Crippen LogP contribution in [0.1, 0.15) is 12.0 Å². The largest absolute Gasteiger partial charge is 0.372 e. The standard InChI is InChI=1S/C23H21N5O/c1-2-6-21-20(5-1)23(27-22(26-21)18-4-3-10-25-14-18)28-13-9-19(15-28)29-16-17-7-11-24-12-8-17/h1-8,10-12,14,19H,9,13,15-16H2. The second-order valence-corrected chi connectivity index (χ2v) is 7.15. The number of anilines is 1. The van der Waals surface area contributed by atoms with Crippen molar-refractivity contribution in [1.29, 1.82) is 0 Å². The monoisotopic (exact) mass is 383 g/mol. The SMILES string of the molecule is c1cncc(-c2nc(N3CCC(OCc4ccncc4)C3)c3ccccc3n2)c1. The molecule has 1 aliphatic heterocycles. The molecule has 0 aliphatic carbocycles. The molecule has 1 unspecified atom stereocenters. The number of benzene rings is 1. The molecule has 1 aliphatic rings. The molecular formula is C23H21N5O. The van der Waals surface area contributed by atoms with Gasteiger partial charge in [-0.25, -0.2) is 9.97 Å². The van der Waals surface area contributed by atoms with Crippen LogP contribution < -0.4 is 4.90 Å². The highest BCUT2D eigenvalue weighted by Gasteiger charge is 2.26. The van der Waals surface area contributed by atoms with E-state index in [4.69, 9.17) is 14.7 Å². The quantitative estimate of drug-likeness (QED) is 0.521. The minimum Gasteiger partial charge on any atom is -0.372 e. The Balaban J connectivity index is 1.41. The van der Waals surface area contributed by atoms with Gasteiger partial charge in [-0.05, 0) is 48.4 Å². The Morgan fingerprint density at radius 3 is 2.69 bits per heavy atom. The van der Waals surface area contributed by atoms with Crippen LogP contribution in [0.2, 0.25) is 0 Å². The van der Waals surface area contributed by atoms with E-state index in [-0.39, 0.29) is 6.10 Å². The lowest BCUT2D eigenvalue weighted by Gasteiger charge is -2.20. The first-order chi connectivity index (χ1) is 14.4. The molecule has 1 aromatic carbocycles. The van der Waals surface area contributed by atoms with E-state index in [0.717, 1.165) is 47.4 Å². The van der Waals surface area contributed by atoms with Crippen molar-refractivity contribution in [3.8, 4) is 11.4 Å². The number of hydrogen-bond donors (Lipinski definition) is 0. The molecule has 0 amide bonds. The van der Waals surface area contributed by atoms with E-state index in [1.165, 1.54) is 0 Å². The first kappa shape index (κ1) is 17.7. The number of para-hydroxylation sites is 1. The topological polar surface area (TPSA) is 64.0 Å². The Kier molecular flexibility index (Phi) is 4.84. The maximum absolute atomic E-state index is 6.14. The van der Waals surface area contributed by atoms with Crippen LogP contribution in [0.15, 0.2) is 73.3 Å². The molecule has 0 spiro atoms. The van der Waals surface area contributed by atoms with E-state index in [2.05, 4.69) is 20.9 Å². The Hall–Kier alpha value is -3.38. The summed E-state index contributed by atoms with van der Waals surface area (Å²) in [6.07, 6.45) is 8.32. The summed E-state index contributed by atoms with van der Waals surface area (Å²) in [5.74, 6) is 1.66. The van der Waals surface area contributed by atoms with Crippen LogP contribution in [0, 0.1) is 0 Å². The molecule has 0 bridgehead atoms. The predicted octanol–water partition coefficient (Wildman–Crippen LogP) is 3.88. The predicted molar refractivity (Wildman–Crippen MR) is 112 cm³/mol. The highest BCUT2D eigenvalue weighted by atomic mass is 16.5. The number of nitrogens with zero attached hydrogens (tertiary/aromatic N) is 5. The minimum atomic E-state index is 0.179. The van der Waals surface area contributed by atoms with Crippen LogP contribution in [0.5, 0.6) is 0 Å². The fraction of sp³-hybridized carbons (Fsp3) is 0.217. The van der Waals surface area contributed by atoms with Crippen LogP contribution in [0.25, 0.3) is 22.3 Å². The molecule has 1 fully saturated rings. The Morgan fingerprint density at radius 1 is 0.931 bits per heavy atom. The zero-order valence-corrected chi connectivity index (χ0v) is 16.0. The van der Waals surface area contributed by atoms with Gasteiger partial charge in [0.1, 0.15) is 5.82 Å². The summed E-state index contributed by atoms with van der Waals surface area (Å²) in [4.78, 5) is 20.3. The molecule has 3 aromatic heterocycles. The summed E-state index contributed by atoms with van der Waals surface area (Å²) >= 11 is 0. The van der Waals surface area contributed by atoms with Gasteiger partial charge in [-0.15, -0.1) is 0 Å². The molecule has 6 nitrogen and oxygen atoms in total. The molecule has 6 heteroatoms. The molecule has 4 heterocycles. The molecule has 4 aromatic rings.